The molecule has 0 aromatic heterocycles. The van der Waals surface area contributed by atoms with Crippen molar-refractivity contribution in [2.45, 2.75) is 36.0 Å². The second-order valence-electron chi connectivity index (χ2n) is 5.31. The summed E-state index contributed by atoms with van der Waals surface area (Å²) < 4.78 is 208. The summed E-state index contributed by atoms with van der Waals surface area (Å²) in [6, 6.07) is 0. The number of carbonyl (C=O) groups is 2. The normalized spacial score (nSPS) is 15.2. The molecule has 20 heteroatoms. The number of hydrogen-bond acceptors (Lipinski definition) is 4. The van der Waals surface area contributed by atoms with Gasteiger partial charge in [0.2, 0.25) is 11.7 Å². The van der Waals surface area contributed by atoms with Gasteiger partial charge in [-0.2, -0.15) is 61.5 Å². The van der Waals surface area contributed by atoms with Crippen LogP contribution in [0.1, 0.15) is 0 Å². The first-order valence-electron chi connectivity index (χ1n) is 6.87. The maximum atomic E-state index is 13.3. The van der Waals surface area contributed by atoms with Crippen LogP contribution in [0.2, 0.25) is 0 Å². The van der Waals surface area contributed by atoms with Gasteiger partial charge in [0.05, 0.1) is 0 Å². The molecule has 0 aromatic carbocycles. The summed E-state index contributed by atoms with van der Waals surface area (Å²) in [6.45, 7) is -6.00. The molecular formula is C12H4F16O4. The molecule has 0 saturated heterocycles. The molecule has 0 heterocycles. The SMILES string of the molecule is O=C(OCC(F)(F)F)C(F)(F)/C(F)=C(\F)C(F)(F)C(F)(F)C(F)(F)C(=O)OCC(F)(F)F. The largest absolute Gasteiger partial charge is 0.451 e. The van der Waals surface area contributed by atoms with E-state index in [4.69, 9.17) is 0 Å². The zero-order valence-corrected chi connectivity index (χ0v) is 14.1. The third-order valence-electron chi connectivity index (χ3n) is 2.78. The first kappa shape index (κ1) is 29.6. The molecule has 0 aliphatic rings. The van der Waals surface area contributed by atoms with Crippen LogP contribution >= 0.6 is 0 Å². The quantitative estimate of drug-likeness (QED) is 0.341. The van der Waals surface area contributed by atoms with E-state index in [1.54, 1.807) is 0 Å². The van der Waals surface area contributed by atoms with Gasteiger partial charge in [-0.25, -0.2) is 18.4 Å². The average molecular weight is 516 g/mol. The summed E-state index contributed by atoms with van der Waals surface area (Å²) in [4.78, 5) is 21.3. The van der Waals surface area contributed by atoms with Crippen molar-refractivity contribution < 1.29 is 89.3 Å². The van der Waals surface area contributed by atoms with Crippen LogP contribution in [-0.2, 0) is 19.1 Å². The van der Waals surface area contributed by atoms with Gasteiger partial charge in [0.25, 0.3) is 0 Å². The number of rotatable bonds is 8. The highest BCUT2D eigenvalue weighted by Gasteiger charge is 2.78. The molecule has 0 saturated carbocycles. The molecule has 32 heavy (non-hydrogen) atoms. The Kier molecular flexibility index (Phi) is 8.16. The molecular weight excluding hydrogens is 512 g/mol. The van der Waals surface area contributed by atoms with Gasteiger partial charge in [-0.1, -0.05) is 0 Å². The summed E-state index contributed by atoms with van der Waals surface area (Å²) in [6.07, 6.45) is -11.3. The van der Waals surface area contributed by atoms with Crippen LogP contribution in [-0.4, -0.2) is 61.2 Å². The predicted octanol–water partition coefficient (Wildman–Crippen LogP) is 4.89. The highest BCUT2D eigenvalue weighted by molar-refractivity contribution is 5.81. The van der Waals surface area contributed by atoms with Crippen LogP contribution < -0.4 is 0 Å². The van der Waals surface area contributed by atoms with Gasteiger partial charge in [0, 0.05) is 0 Å². The Morgan fingerprint density at radius 1 is 0.531 bits per heavy atom. The molecule has 0 aliphatic heterocycles. The van der Waals surface area contributed by atoms with Crippen LogP contribution in [0.25, 0.3) is 0 Å². The van der Waals surface area contributed by atoms with Crippen molar-refractivity contribution in [2.24, 2.45) is 0 Å². The fraction of sp³-hybridized carbons (Fsp3) is 0.667. The number of esters is 2. The monoisotopic (exact) mass is 516 g/mol. The third-order valence-corrected chi connectivity index (χ3v) is 2.78. The Bertz CT molecular complexity index is 747. The zero-order valence-electron chi connectivity index (χ0n) is 14.1. The van der Waals surface area contributed by atoms with Crippen molar-refractivity contribution in [3.05, 3.63) is 11.7 Å². The predicted molar refractivity (Wildman–Crippen MR) is 63.1 cm³/mol. The molecule has 0 bridgehead atoms. The molecule has 0 rings (SSSR count). The number of carbonyl (C=O) groups excluding carboxylic acids is 2. The first-order valence-corrected chi connectivity index (χ1v) is 6.87. The molecule has 0 unspecified atom stereocenters. The fourth-order valence-electron chi connectivity index (χ4n) is 1.30. The smallest absolute Gasteiger partial charge is 0.422 e. The van der Waals surface area contributed by atoms with Crippen LogP contribution in [0, 0.1) is 0 Å². The summed E-state index contributed by atoms with van der Waals surface area (Å²) in [5.74, 6) is -46.1. The van der Waals surface area contributed by atoms with Crippen LogP contribution in [0.3, 0.4) is 0 Å². The van der Waals surface area contributed by atoms with Crippen molar-refractivity contribution in [1.82, 2.24) is 0 Å². The zero-order chi connectivity index (χ0) is 26.1. The Morgan fingerprint density at radius 2 is 0.875 bits per heavy atom. The Morgan fingerprint density at radius 3 is 1.22 bits per heavy atom. The molecule has 0 radical (unpaired) electrons. The number of halogens is 16. The summed E-state index contributed by atoms with van der Waals surface area (Å²) in [5.41, 5.74) is 0. The summed E-state index contributed by atoms with van der Waals surface area (Å²) in [7, 11) is 0. The number of allylic oxidation sites excluding steroid dienone is 1. The lowest BCUT2D eigenvalue weighted by atomic mass is 10.0. The lowest BCUT2D eigenvalue weighted by Crippen LogP contribution is -2.59. The van der Waals surface area contributed by atoms with Crippen LogP contribution in [0.15, 0.2) is 11.7 Å². The second-order valence-corrected chi connectivity index (χ2v) is 5.31. The minimum atomic E-state index is -7.62. The molecule has 0 aromatic rings. The molecule has 0 amide bonds. The second kappa shape index (κ2) is 8.83. The van der Waals surface area contributed by atoms with Gasteiger partial charge in [-0.05, 0) is 0 Å². The number of alkyl halides is 14. The van der Waals surface area contributed by atoms with E-state index in [0.717, 1.165) is 0 Å². The topological polar surface area (TPSA) is 52.6 Å². The first-order chi connectivity index (χ1) is 13.8. The number of hydrogen-bond donors (Lipinski definition) is 0. The Balaban J connectivity index is 6.08. The van der Waals surface area contributed by atoms with E-state index in [9.17, 15) is 79.8 Å². The van der Waals surface area contributed by atoms with Crippen molar-refractivity contribution >= 4 is 11.9 Å². The number of ether oxygens (including phenoxy) is 2. The van der Waals surface area contributed by atoms with Crippen LogP contribution in [0.5, 0.6) is 0 Å². The highest BCUT2D eigenvalue weighted by Crippen LogP contribution is 2.52. The van der Waals surface area contributed by atoms with E-state index < -0.39 is 72.8 Å². The van der Waals surface area contributed by atoms with Gasteiger partial charge in [-0.3, -0.25) is 0 Å². The van der Waals surface area contributed by atoms with Crippen molar-refractivity contribution in [1.29, 1.82) is 0 Å². The molecule has 0 aliphatic carbocycles. The third kappa shape index (κ3) is 6.30. The van der Waals surface area contributed by atoms with Gasteiger partial charge >= 0.3 is 48.0 Å². The van der Waals surface area contributed by atoms with E-state index in [1.165, 1.54) is 0 Å². The van der Waals surface area contributed by atoms with Gasteiger partial charge in [0.1, 0.15) is 0 Å². The van der Waals surface area contributed by atoms with Crippen LogP contribution in [0.4, 0.5) is 70.2 Å². The van der Waals surface area contributed by atoms with E-state index in [0.29, 0.717) is 0 Å². The Hall–Kier alpha value is -2.44. The highest BCUT2D eigenvalue weighted by atomic mass is 19.4. The average Bonchev–Trinajstić information content (AvgIpc) is 2.60. The van der Waals surface area contributed by atoms with Gasteiger partial charge < -0.3 is 9.47 Å². The maximum absolute atomic E-state index is 13.3. The lowest BCUT2D eigenvalue weighted by Gasteiger charge is -2.30. The van der Waals surface area contributed by atoms with Crippen molar-refractivity contribution in [2.75, 3.05) is 13.2 Å². The van der Waals surface area contributed by atoms with Crippen molar-refractivity contribution in [3.8, 4) is 0 Å². The van der Waals surface area contributed by atoms with E-state index in [1.807, 2.05) is 0 Å². The van der Waals surface area contributed by atoms with Crippen molar-refractivity contribution in [3.63, 3.8) is 0 Å². The lowest BCUT2D eigenvalue weighted by molar-refractivity contribution is -0.300. The molecule has 0 atom stereocenters. The summed E-state index contributed by atoms with van der Waals surface area (Å²) >= 11 is 0. The summed E-state index contributed by atoms with van der Waals surface area (Å²) in [5, 5.41) is 0. The molecule has 4 nitrogen and oxygen atoms in total. The maximum Gasteiger partial charge on any atom is 0.422 e. The van der Waals surface area contributed by atoms with E-state index >= 15 is 0 Å². The van der Waals surface area contributed by atoms with Gasteiger partial charge in [0.15, 0.2) is 13.2 Å². The minimum Gasteiger partial charge on any atom is -0.451 e. The van der Waals surface area contributed by atoms with E-state index in [2.05, 4.69) is 9.47 Å². The molecule has 0 spiro atoms. The Labute approximate surface area is 163 Å². The van der Waals surface area contributed by atoms with Gasteiger partial charge in [-0.15, -0.1) is 0 Å². The standard InChI is InChI=1S/C12H4F16O4/c13-3(9(21,22)5(29)31-1-7(15,16)17)4(14)10(23,24)12(27,28)11(25,26)6(30)32-2-8(18,19)20/h1-2H2/b4-3+. The molecule has 188 valence electrons. The fourth-order valence-corrected chi connectivity index (χ4v) is 1.30. The van der Waals surface area contributed by atoms with E-state index in [-0.39, 0.29) is 0 Å². The molecule has 0 N–H and O–H groups in total. The molecule has 0 fully saturated rings. The minimum absolute atomic E-state index is 2.57.